The molecule has 0 saturated heterocycles. The van der Waals surface area contributed by atoms with E-state index in [-0.39, 0.29) is 30.8 Å². The molecule has 0 saturated carbocycles. The lowest BCUT2D eigenvalue weighted by Crippen LogP contribution is -2.52. The van der Waals surface area contributed by atoms with Crippen LogP contribution < -0.4 is 5.32 Å². The van der Waals surface area contributed by atoms with Gasteiger partial charge in [-0.1, -0.05) is 83.5 Å². The van der Waals surface area contributed by atoms with Gasteiger partial charge in [0.2, 0.25) is 11.8 Å². The van der Waals surface area contributed by atoms with Crippen LogP contribution in [-0.2, 0) is 29.0 Å². The fraction of sp³-hybridized carbons (Fsp3) is 0.286. The largest absolute Gasteiger partial charge is 0.352 e. The molecule has 0 aliphatic carbocycles. The molecule has 0 heterocycles. The molecule has 0 radical (unpaired) electrons. The summed E-state index contributed by atoms with van der Waals surface area (Å²) in [4.78, 5) is 28.6. The third-order valence-electron chi connectivity index (χ3n) is 5.84. The van der Waals surface area contributed by atoms with Gasteiger partial charge in [-0.05, 0) is 48.2 Å². The molecule has 3 rings (SSSR count). The van der Waals surface area contributed by atoms with Crippen LogP contribution in [0.25, 0.3) is 0 Å². The molecule has 34 heavy (non-hydrogen) atoms. The fourth-order valence-electron chi connectivity index (χ4n) is 3.69. The van der Waals surface area contributed by atoms with Gasteiger partial charge in [0.1, 0.15) is 11.9 Å². The van der Waals surface area contributed by atoms with Crippen molar-refractivity contribution in [2.24, 2.45) is 0 Å². The number of nitrogens with zero attached hydrogens (tertiary/aromatic N) is 1. The molecule has 1 N–H and O–H groups in total. The summed E-state index contributed by atoms with van der Waals surface area (Å²) in [6, 6.07) is 22.8. The van der Waals surface area contributed by atoms with Gasteiger partial charge >= 0.3 is 0 Å². The molecule has 0 aliphatic rings. The first kappa shape index (κ1) is 25.6. The van der Waals surface area contributed by atoms with Crippen LogP contribution in [0.5, 0.6) is 0 Å². The second-order valence-electron chi connectivity index (χ2n) is 8.44. The predicted molar refractivity (Wildman–Crippen MR) is 137 cm³/mol. The van der Waals surface area contributed by atoms with E-state index in [1.165, 1.54) is 6.07 Å². The summed E-state index contributed by atoms with van der Waals surface area (Å²) in [5.41, 5.74) is 2.15. The van der Waals surface area contributed by atoms with E-state index < -0.39 is 11.9 Å². The highest BCUT2D eigenvalue weighted by Gasteiger charge is 2.31. The molecule has 2 amide bonds. The zero-order chi connectivity index (χ0) is 24.5. The zero-order valence-corrected chi connectivity index (χ0v) is 21.1. The average molecular weight is 525 g/mol. The molecule has 0 aromatic heterocycles. The minimum Gasteiger partial charge on any atom is -0.352 e. The molecule has 178 valence electrons. The van der Waals surface area contributed by atoms with E-state index in [0.717, 1.165) is 22.0 Å². The van der Waals surface area contributed by atoms with Crippen LogP contribution in [0.1, 0.15) is 37.0 Å². The molecule has 0 spiro atoms. The quantitative estimate of drug-likeness (QED) is 0.370. The van der Waals surface area contributed by atoms with Crippen LogP contribution in [-0.4, -0.2) is 28.8 Å². The minimum atomic E-state index is -0.737. The van der Waals surface area contributed by atoms with Gasteiger partial charge in [0.25, 0.3) is 0 Å². The van der Waals surface area contributed by atoms with Gasteiger partial charge < -0.3 is 10.2 Å². The van der Waals surface area contributed by atoms with Crippen LogP contribution >= 0.6 is 15.9 Å². The molecule has 0 bridgehead atoms. The number of hydrogen-bond acceptors (Lipinski definition) is 2. The van der Waals surface area contributed by atoms with E-state index in [9.17, 15) is 14.0 Å². The van der Waals surface area contributed by atoms with Crippen molar-refractivity contribution in [1.82, 2.24) is 10.2 Å². The number of rotatable bonds is 10. The van der Waals surface area contributed by atoms with Crippen molar-refractivity contribution in [3.63, 3.8) is 0 Å². The lowest BCUT2D eigenvalue weighted by molar-refractivity contribution is -0.141. The Morgan fingerprint density at radius 1 is 0.941 bits per heavy atom. The van der Waals surface area contributed by atoms with Crippen molar-refractivity contribution in [2.45, 2.75) is 51.7 Å². The van der Waals surface area contributed by atoms with Gasteiger partial charge in [-0.2, -0.15) is 0 Å². The summed E-state index contributed by atoms with van der Waals surface area (Å²) < 4.78 is 15.3. The van der Waals surface area contributed by atoms with E-state index >= 15 is 0 Å². The maximum absolute atomic E-state index is 14.4. The number of amides is 2. The molecule has 2 atom stereocenters. The molecule has 3 aromatic carbocycles. The molecular weight excluding hydrogens is 495 g/mol. The fourth-order valence-corrected chi connectivity index (χ4v) is 3.95. The van der Waals surface area contributed by atoms with Crippen LogP contribution in [0.15, 0.2) is 83.3 Å². The van der Waals surface area contributed by atoms with Crippen molar-refractivity contribution in [3.05, 3.63) is 106 Å². The molecule has 0 fully saturated rings. The number of benzene rings is 3. The maximum Gasteiger partial charge on any atom is 0.243 e. The number of nitrogens with one attached hydrogen (secondary N) is 1. The van der Waals surface area contributed by atoms with Crippen LogP contribution in [0.3, 0.4) is 0 Å². The number of carbonyl (C=O) groups is 2. The third-order valence-corrected chi connectivity index (χ3v) is 6.37. The van der Waals surface area contributed by atoms with Crippen LogP contribution in [0.2, 0.25) is 0 Å². The van der Waals surface area contributed by atoms with Crippen molar-refractivity contribution in [1.29, 1.82) is 0 Å². The third kappa shape index (κ3) is 7.26. The van der Waals surface area contributed by atoms with Gasteiger partial charge in [0, 0.05) is 23.5 Å². The Morgan fingerprint density at radius 3 is 2.24 bits per heavy atom. The van der Waals surface area contributed by atoms with Crippen molar-refractivity contribution < 1.29 is 14.0 Å². The molecular formula is C28H30BrFN2O2. The van der Waals surface area contributed by atoms with E-state index in [1.807, 2.05) is 68.4 Å². The summed E-state index contributed by atoms with van der Waals surface area (Å²) >= 11 is 3.44. The second-order valence-corrected chi connectivity index (χ2v) is 9.36. The summed E-state index contributed by atoms with van der Waals surface area (Å²) in [6.07, 6.45) is 1.02. The highest BCUT2D eigenvalue weighted by Crippen LogP contribution is 2.19. The Balaban J connectivity index is 1.97. The smallest absolute Gasteiger partial charge is 0.243 e. The van der Waals surface area contributed by atoms with Crippen molar-refractivity contribution in [3.8, 4) is 0 Å². The van der Waals surface area contributed by atoms with Gasteiger partial charge in [-0.3, -0.25) is 9.59 Å². The maximum atomic E-state index is 14.4. The topological polar surface area (TPSA) is 49.4 Å². The molecule has 4 nitrogen and oxygen atoms in total. The van der Waals surface area contributed by atoms with E-state index in [4.69, 9.17) is 0 Å². The Hall–Kier alpha value is -2.99. The Morgan fingerprint density at radius 2 is 1.59 bits per heavy atom. The standard InChI is InChI=1S/C28H30BrFN2O2/c1-3-20(2)31-28(34)26(17-21-9-5-4-6-10-21)32(19-22-13-15-24(29)16-14-22)27(33)18-23-11-7-8-12-25(23)30/h4-16,20,26H,3,17-19H2,1-2H3,(H,31,34)/t20-,26-/m1/s1. The SMILES string of the molecule is CC[C@@H](C)NC(=O)[C@@H](Cc1ccccc1)N(Cc1ccc(Br)cc1)C(=O)Cc1ccccc1F. The number of hydrogen-bond donors (Lipinski definition) is 1. The predicted octanol–water partition coefficient (Wildman–Crippen LogP) is 5.69. The Labute approximate surface area is 209 Å². The van der Waals surface area contributed by atoms with Gasteiger partial charge in [0.05, 0.1) is 6.42 Å². The van der Waals surface area contributed by atoms with Gasteiger partial charge in [-0.15, -0.1) is 0 Å². The summed E-state index contributed by atoms with van der Waals surface area (Å²) in [5, 5.41) is 3.04. The second kappa shape index (κ2) is 12.5. The van der Waals surface area contributed by atoms with Crippen LogP contribution in [0.4, 0.5) is 4.39 Å². The van der Waals surface area contributed by atoms with Crippen LogP contribution in [0, 0.1) is 5.82 Å². The number of carbonyl (C=O) groups excluding carboxylic acids is 2. The lowest BCUT2D eigenvalue weighted by atomic mass is 10.0. The first-order valence-electron chi connectivity index (χ1n) is 11.5. The summed E-state index contributed by atoms with van der Waals surface area (Å²) in [6.45, 7) is 4.18. The highest BCUT2D eigenvalue weighted by atomic mass is 79.9. The molecule has 6 heteroatoms. The van der Waals surface area contributed by atoms with Crippen molar-refractivity contribution in [2.75, 3.05) is 0 Å². The minimum absolute atomic E-state index is 0.0260. The van der Waals surface area contributed by atoms with Crippen molar-refractivity contribution >= 4 is 27.7 Å². The van der Waals surface area contributed by atoms with E-state index in [0.29, 0.717) is 12.0 Å². The average Bonchev–Trinajstić information content (AvgIpc) is 2.84. The molecule has 0 unspecified atom stereocenters. The zero-order valence-electron chi connectivity index (χ0n) is 19.5. The summed E-state index contributed by atoms with van der Waals surface area (Å²) in [7, 11) is 0. The van der Waals surface area contributed by atoms with E-state index in [1.54, 1.807) is 23.1 Å². The monoisotopic (exact) mass is 524 g/mol. The Bertz CT molecular complexity index is 1090. The lowest BCUT2D eigenvalue weighted by Gasteiger charge is -2.32. The normalized spacial score (nSPS) is 12.6. The first-order valence-corrected chi connectivity index (χ1v) is 12.3. The van der Waals surface area contributed by atoms with E-state index in [2.05, 4.69) is 21.2 Å². The first-order chi connectivity index (χ1) is 16.4. The van der Waals surface area contributed by atoms with Gasteiger partial charge in [-0.25, -0.2) is 4.39 Å². The number of halogens is 2. The Kier molecular flexibility index (Phi) is 9.40. The summed E-state index contributed by atoms with van der Waals surface area (Å²) in [5.74, 6) is -0.937. The highest BCUT2D eigenvalue weighted by molar-refractivity contribution is 9.10. The van der Waals surface area contributed by atoms with Gasteiger partial charge in [0.15, 0.2) is 0 Å². The molecule has 3 aromatic rings. The molecule has 0 aliphatic heterocycles.